The van der Waals surface area contributed by atoms with E-state index in [2.05, 4.69) is 0 Å². The van der Waals surface area contributed by atoms with Gasteiger partial charge in [0.05, 0.1) is 49.0 Å². The topological polar surface area (TPSA) is 85.3 Å². The van der Waals surface area contributed by atoms with Crippen LogP contribution in [0.5, 0.6) is 17.2 Å². The molecule has 1 aliphatic heterocycles. The quantitative estimate of drug-likeness (QED) is 0.213. The van der Waals surface area contributed by atoms with Crippen LogP contribution >= 0.6 is 23.2 Å². The molecular formula is C28H25Cl2NO6. The highest BCUT2D eigenvalue weighted by atomic mass is 35.5. The Morgan fingerprint density at radius 2 is 1.62 bits per heavy atom. The highest BCUT2D eigenvalue weighted by molar-refractivity contribution is 6.46. The predicted octanol–water partition coefficient (Wildman–Crippen LogP) is 6.03. The van der Waals surface area contributed by atoms with Crippen LogP contribution in [0.1, 0.15) is 29.7 Å². The molecule has 3 aromatic rings. The van der Waals surface area contributed by atoms with Gasteiger partial charge in [0.2, 0.25) is 0 Å². The Balaban J connectivity index is 1.88. The van der Waals surface area contributed by atoms with Crippen LogP contribution in [0.2, 0.25) is 10.0 Å². The second-order valence-electron chi connectivity index (χ2n) is 8.21. The zero-order chi connectivity index (χ0) is 26.7. The number of aliphatic hydroxyl groups excluding tert-OH is 1. The van der Waals surface area contributed by atoms with E-state index in [1.165, 1.54) is 31.3 Å². The van der Waals surface area contributed by atoms with E-state index in [9.17, 15) is 14.7 Å². The average molecular weight is 542 g/mol. The van der Waals surface area contributed by atoms with Gasteiger partial charge in [-0.3, -0.25) is 9.59 Å². The second kappa shape index (κ2) is 11.2. The lowest BCUT2D eigenvalue weighted by atomic mass is 9.95. The number of benzene rings is 3. The average Bonchev–Trinajstić information content (AvgIpc) is 3.14. The summed E-state index contributed by atoms with van der Waals surface area (Å²) in [4.78, 5) is 28.1. The minimum Gasteiger partial charge on any atom is -0.507 e. The summed E-state index contributed by atoms with van der Waals surface area (Å²) >= 11 is 12.6. The van der Waals surface area contributed by atoms with E-state index in [0.29, 0.717) is 29.2 Å². The normalized spacial score (nSPS) is 16.7. The highest BCUT2D eigenvalue weighted by Crippen LogP contribution is 2.43. The minimum absolute atomic E-state index is 0.0768. The number of halogens is 2. The SMILES string of the molecule is CCOc1ccc(C2/C(=C(\O)c3cc(Cl)c(OC)c(Cl)c3)C(=O)C(=O)N2Cc2ccccc2OC)cc1. The predicted molar refractivity (Wildman–Crippen MR) is 141 cm³/mol. The fourth-order valence-corrected chi connectivity index (χ4v) is 5.01. The number of amides is 1. The Bertz CT molecular complexity index is 1350. The molecule has 0 radical (unpaired) electrons. The van der Waals surface area contributed by atoms with E-state index in [-0.39, 0.29) is 33.5 Å². The van der Waals surface area contributed by atoms with Crippen molar-refractivity contribution in [1.29, 1.82) is 0 Å². The number of hydrogen-bond acceptors (Lipinski definition) is 6. The lowest BCUT2D eigenvalue weighted by molar-refractivity contribution is -0.140. The minimum atomic E-state index is -0.889. The smallest absolute Gasteiger partial charge is 0.295 e. The monoisotopic (exact) mass is 541 g/mol. The summed E-state index contributed by atoms with van der Waals surface area (Å²) in [7, 11) is 2.95. The van der Waals surface area contributed by atoms with Gasteiger partial charge in [0.25, 0.3) is 11.7 Å². The van der Waals surface area contributed by atoms with Crippen LogP contribution in [0.4, 0.5) is 0 Å². The number of ketones is 1. The molecule has 1 N–H and O–H groups in total. The summed E-state index contributed by atoms with van der Waals surface area (Å²) in [5.41, 5.74) is 1.42. The summed E-state index contributed by atoms with van der Waals surface area (Å²) < 4.78 is 16.2. The molecule has 0 saturated carbocycles. The van der Waals surface area contributed by atoms with Crippen molar-refractivity contribution in [1.82, 2.24) is 4.90 Å². The second-order valence-corrected chi connectivity index (χ2v) is 9.03. The van der Waals surface area contributed by atoms with Crippen molar-refractivity contribution < 1.29 is 28.9 Å². The van der Waals surface area contributed by atoms with Crippen LogP contribution in [-0.4, -0.2) is 42.5 Å². The first kappa shape index (κ1) is 26.4. The van der Waals surface area contributed by atoms with Crippen molar-refractivity contribution in [3.63, 3.8) is 0 Å². The van der Waals surface area contributed by atoms with Crippen molar-refractivity contribution >= 4 is 40.7 Å². The van der Waals surface area contributed by atoms with E-state index in [0.717, 1.165) is 0 Å². The largest absolute Gasteiger partial charge is 0.507 e. The van der Waals surface area contributed by atoms with Crippen LogP contribution < -0.4 is 14.2 Å². The van der Waals surface area contributed by atoms with Gasteiger partial charge in [-0.2, -0.15) is 0 Å². The Morgan fingerprint density at radius 1 is 0.973 bits per heavy atom. The number of Topliss-reactive ketones (excluding diaryl/α,β-unsaturated/α-hetero) is 1. The number of likely N-dealkylation sites (tertiary alicyclic amines) is 1. The number of ether oxygens (including phenoxy) is 3. The fraction of sp³-hybridized carbons (Fsp3) is 0.214. The van der Waals surface area contributed by atoms with E-state index >= 15 is 0 Å². The van der Waals surface area contributed by atoms with E-state index < -0.39 is 23.5 Å². The van der Waals surface area contributed by atoms with Crippen LogP contribution in [-0.2, 0) is 16.1 Å². The fourth-order valence-electron chi connectivity index (χ4n) is 4.37. The molecule has 0 bridgehead atoms. The van der Waals surface area contributed by atoms with E-state index in [1.54, 1.807) is 30.3 Å². The zero-order valence-corrected chi connectivity index (χ0v) is 22.0. The van der Waals surface area contributed by atoms with Gasteiger partial charge in [-0.25, -0.2) is 0 Å². The molecule has 7 nitrogen and oxygen atoms in total. The molecule has 9 heteroatoms. The van der Waals surface area contributed by atoms with Gasteiger partial charge in [0, 0.05) is 11.1 Å². The summed E-state index contributed by atoms with van der Waals surface area (Å²) in [5, 5.41) is 11.6. The number of para-hydroxylation sites is 1. The standard InChI is InChI=1S/C28H25Cl2NO6/c1-4-37-19-11-9-16(10-12-19)24-23(25(32)18-13-20(29)27(36-3)21(30)14-18)26(33)28(34)31(24)15-17-7-5-6-8-22(17)35-2/h5-14,24,32H,4,15H2,1-3H3/b25-23+. The molecule has 3 aromatic carbocycles. The maximum atomic E-state index is 13.4. The lowest BCUT2D eigenvalue weighted by Gasteiger charge is -2.26. The van der Waals surface area contributed by atoms with Gasteiger partial charge in [-0.1, -0.05) is 53.5 Å². The highest BCUT2D eigenvalue weighted by Gasteiger charge is 2.46. The van der Waals surface area contributed by atoms with Gasteiger partial charge >= 0.3 is 0 Å². The van der Waals surface area contributed by atoms with Gasteiger partial charge in [0.15, 0.2) is 5.75 Å². The lowest BCUT2D eigenvalue weighted by Crippen LogP contribution is -2.29. The number of aliphatic hydroxyl groups is 1. The Kier molecular flexibility index (Phi) is 7.95. The molecule has 1 heterocycles. The molecular weight excluding hydrogens is 517 g/mol. The van der Waals surface area contributed by atoms with Gasteiger partial charge in [-0.05, 0) is 42.8 Å². The summed E-state index contributed by atoms with van der Waals surface area (Å²) in [6.07, 6.45) is 0. The zero-order valence-electron chi connectivity index (χ0n) is 20.5. The first-order chi connectivity index (χ1) is 17.8. The third-order valence-corrected chi connectivity index (χ3v) is 6.62. The van der Waals surface area contributed by atoms with Crippen molar-refractivity contribution in [2.45, 2.75) is 19.5 Å². The molecule has 1 unspecified atom stereocenters. The number of carbonyl (C=O) groups excluding carboxylic acids is 2. The van der Waals surface area contributed by atoms with Crippen LogP contribution in [0.25, 0.3) is 5.76 Å². The molecule has 1 fully saturated rings. The molecule has 0 aliphatic carbocycles. The van der Waals surface area contributed by atoms with Gasteiger partial charge < -0.3 is 24.2 Å². The molecule has 4 rings (SSSR count). The molecule has 1 atom stereocenters. The summed E-state index contributed by atoms with van der Waals surface area (Å²) in [6, 6.07) is 16.2. The molecule has 192 valence electrons. The Hall–Kier alpha value is -3.68. The Labute approximate surface area is 224 Å². The van der Waals surface area contributed by atoms with Crippen LogP contribution in [0.15, 0.2) is 66.2 Å². The first-order valence-electron chi connectivity index (χ1n) is 11.5. The van der Waals surface area contributed by atoms with Crippen molar-refractivity contribution in [3.05, 3.63) is 93.0 Å². The summed E-state index contributed by atoms with van der Waals surface area (Å²) in [5.74, 6) is -0.526. The first-order valence-corrected chi connectivity index (χ1v) is 12.2. The van der Waals surface area contributed by atoms with Crippen molar-refractivity contribution in [2.24, 2.45) is 0 Å². The maximum Gasteiger partial charge on any atom is 0.295 e. The molecule has 0 aromatic heterocycles. The summed E-state index contributed by atoms with van der Waals surface area (Å²) in [6.45, 7) is 2.44. The molecule has 37 heavy (non-hydrogen) atoms. The number of rotatable bonds is 8. The maximum absolute atomic E-state index is 13.4. The molecule has 1 saturated heterocycles. The van der Waals surface area contributed by atoms with Gasteiger partial charge in [-0.15, -0.1) is 0 Å². The third kappa shape index (κ3) is 5.10. The van der Waals surface area contributed by atoms with Crippen molar-refractivity contribution in [3.8, 4) is 17.2 Å². The molecule has 1 amide bonds. The van der Waals surface area contributed by atoms with Gasteiger partial charge in [0.1, 0.15) is 17.3 Å². The number of nitrogens with zero attached hydrogens (tertiary/aromatic N) is 1. The van der Waals surface area contributed by atoms with E-state index in [1.807, 2.05) is 25.1 Å². The number of methoxy groups -OCH3 is 2. The van der Waals surface area contributed by atoms with Crippen LogP contribution in [0, 0.1) is 0 Å². The molecule has 1 aliphatic rings. The third-order valence-electron chi connectivity index (χ3n) is 6.06. The Morgan fingerprint density at radius 3 is 2.22 bits per heavy atom. The van der Waals surface area contributed by atoms with Crippen LogP contribution in [0.3, 0.4) is 0 Å². The van der Waals surface area contributed by atoms with E-state index in [4.69, 9.17) is 37.4 Å². The number of hydrogen-bond donors (Lipinski definition) is 1. The molecule has 0 spiro atoms. The number of carbonyl (C=O) groups is 2. The van der Waals surface area contributed by atoms with Crippen molar-refractivity contribution in [2.75, 3.05) is 20.8 Å².